The van der Waals surface area contributed by atoms with Crippen LogP contribution in [0.2, 0.25) is 0 Å². The van der Waals surface area contributed by atoms with E-state index in [2.05, 4.69) is 27.9 Å². The van der Waals surface area contributed by atoms with Crippen LogP contribution < -0.4 is 15.8 Å². The lowest BCUT2D eigenvalue weighted by Gasteiger charge is -2.31. The van der Waals surface area contributed by atoms with Crippen LogP contribution in [0, 0.1) is 9.49 Å². The van der Waals surface area contributed by atoms with Crippen molar-refractivity contribution in [1.29, 1.82) is 0 Å². The van der Waals surface area contributed by atoms with Crippen molar-refractivity contribution in [2.24, 2.45) is 11.7 Å². The van der Waals surface area contributed by atoms with Crippen LogP contribution in [0.4, 0.5) is 0 Å². The maximum Gasteiger partial charge on any atom is 0.258 e. The Morgan fingerprint density at radius 2 is 1.95 bits per heavy atom. The Morgan fingerprint density at radius 1 is 1.29 bits per heavy atom. The Bertz CT molecular complexity index is 442. The third-order valence-electron chi connectivity index (χ3n) is 3.74. The van der Waals surface area contributed by atoms with Gasteiger partial charge >= 0.3 is 0 Å². The van der Waals surface area contributed by atoms with E-state index in [-0.39, 0.29) is 31.0 Å². The molecule has 6 heteroatoms. The molecule has 0 saturated heterocycles. The van der Waals surface area contributed by atoms with E-state index in [1.807, 2.05) is 24.3 Å². The normalized spacial score (nSPS) is 21.2. The van der Waals surface area contributed by atoms with Crippen molar-refractivity contribution in [3.63, 3.8) is 0 Å². The smallest absolute Gasteiger partial charge is 0.258 e. The first kappa shape index (κ1) is 18.5. The van der Waals surface area contributed by atoms with Crippen LogP contribution in [0.25, 0.3) is 0 Å². The standard InChI is InChI=1S/C15H21IN2O2.ClH/c16-12-5-7-13(8-6-12)20-10-15(19)18-14-4-2-1-3-11(14)9-17;/h5-8,11,14H,1-4,9-10,17H2,(H,18,19);1H. The number of nitrogens with one attached hydrogen (secondary N) is 1. The molecule has 0 aromatic heterocycles. The lowest BCUT2D eigenvalue weighted by molar-refractivity contribution is -0.124. The van der Waals surface area contributed by atoms with Gasteiger partial charge in [-0.05, 0) is 72.2 Å². The predicted molar refractivity (Wildman–Crippen MR) is 94.8 cm³/mol. The highest BCUT2D eigenvalue weighted by atomic mass is 127. The minimum absolute atomic E-state index is 0. The average Bonchev–Trinajstić information content (AvgIpc) is 2.47. The molecule has 1 fully saturated rings. The molecule has 0 heterocycles. The number of hydrogen-bond donors (Lipinski definition) is 2. The van der Waals surface area contributed by atoms with E-state index in [1.54, 1.807) is 0 Å². The monoisotopic (exact) mass is 424 g/mol. The maximum absolute atomic E-state index is 11.9. The largest absolute Gasteiger partial charge is 0.484 e. The van der Waals surface area contributed by atoms with Gasteiger partial charge in [0.2, 0.25) is 0 Å². The van der Waals surface area contributed by atoms with Crippen molar-refractivity contribution in [2.45, 2.75) is 31.7 Å². The molecule has 0 bridgehead atoms. The third kappa shape index (κ3) is 6.00. The maximum atomic E-state index is 11.9. The van der Waals surface area contributed by atoms with Crippen molar-refractivity contribution in [1.82, 2.24) is 5.32 Å². The number of nitrogens with two attached hydrogens (primary N) is 1. The first-order valence-corrected chi connectivity index (χ1v) is 8.14. The second-order valence-electron chi connectivity index (χ2n) is 5.20. The van der Waals surface area contributed by atoms with E-state index in [0.29, 0.717) is 12.5 Å². The van der Waals surface area contributed by atoms with E-state index in [4.69, 9.17) is 10.5 Å². The lowest BCUT2D eigenvalue weighted by Crippen LogP contribution is -2.46. The molecule has 1 aliphatic rings. The van der Waals surface area contributed by atoms with Crippen molar-refractivity contribution in [2.75, 3.05) is 13.2 Å². The minimum atomic E-state index is -0.0612. The molecule has 3 N–H and O–H groups in total. The molecule has 0 aliphatic heterocycles. The number of amides is 1. The van der Waals surface area contributed by atoms with Crippen molar-refractivity contribution in [3.8, 4) is 5.75 Å². The van der Waals surface area contributed by atoms with E-state index >= 15 is 0 Å². The average molecular weight is 425 g/mol. The van der Waals surface area contributed by atoms with Gasteiger partial charge in [0.1, 0.15) is 5.75 Å². The number of hydrogen-bond acceptors (Lipinski definition) is 3. The summed E-state index contributed by atoms with van der Waals surface area (Å²) in [5.74, 6) is 1.07. The van der Waals surface area contributed by atoms with E-state index in [1.165, 1.54) is 12.8 Å². The van der Waals surface area contributed by atoms with Crippen LogP contribution in [0.1, 0.15) is 25.7 Å². The molecule has 2 atom stereocenters. The molecule has 118 valence electrons. The number of carbonyl (C=O) groups is 1. The molecule has 2 rings (SSSR count). The van der Waals surface area contributed by atoms with Gasteiger partial charge in [-0.1, -0.05) is 12.8 Å². The van der Waals surface area contributed by atoms with Gasteiger partial charge in [-0.3, -0.25) is 4.79 Å². The summed E-state index contributed by atoms with van der Waals surface area (Å²) in [6.45, 7) is 0.706. The fraction of sp³-hybridized carbons (Fsp3) is 0.533. The van der Waals surface area contributed by atoms with Gasteiger partial charge < -0.3 is 15.8 Å². The van der Waals surface area contributed by atoms with Gasteiger partial charge in [-0.25, -0.2) is 0 Å². The van der Waals surface area contributed by atoms with Crippen LogP contribution in [0.3, 0.4) is 0 Å². The Labute approximate surface area is 145 Å². The van der Waals surface area contributed by atoms with Gasteiger partial charge in [0.05, 0.1) is 0 Å². The summed E-state index contributed by atoms with van der Waals surface area (Å²) < 4.78 is 6.63. The van der Waals surface area contributed by atoms with Crippen LogP contribution in [-0.2, 0) is 4.79 Å². The quantitative estimate of drug-likeness (QED) is 0.715. The lowest BCUT2D eigenvalue weighted by atomic mass is 9.84. The SMILES string of the molecule is Cl.NCC1CCCCC1NC(=O)COc1ccc(I)cc1. The summed E-state index contributed by atoms with van der Waals surface area (Å²) in [6, 6.07) is 7.87. The van der Waals surface area contributed by atoms with Gasteiger partial charge in [-0.15, -0.1) is 12.4 Å². The molecule has 4 nitrogen and oxygen atoms in total. The van der Waals surface area contributed by atoms with Crippen molar-refractivity contribution >= 4 is 40.9 Å². The van der Waals surface area contributed by atoms with Crippen molar-refractivity contribution < 1.29 is 9.53 Å². The molecule has 21 heavy (non-hydrogen) atoms. The molecule has 1 saturated carbocycles. The fourth-order valence-corrected chi connectivity index (χ4v) is 2.97. The zero-order valence-electron chi connectivity index (χ0n) is 11.9. The second kappa shape index (κ2) is 9.48. The molecule has 0 spiro atoms. The molecule has 2 unspecified atom stereocenters. The summed E-state index contributed by atoms with van der Waals surface area (Å²) in [4.78, 5) is 11.9. The van der Waals surface area contributed by atoms with Crippen LogP contribution >= 0.6 is 35.0 Å². The molecule has 1 aliphatic carbocycles. The number of halogens is 2. The van der Waals surface area contributed by atoms with Gasteiger partial charge in [0, 0.05) is 9.61 Å². The number of carbonyl (C=O) groups excluding carboxylic acids is 1. The zero-order valence-corrected chi connectivity index (χ0v) is 14.9. The van der Waals surface area contributed by atoms with Crippen LogP contribution in [0.15, 0.2) is 24.3 Å². The highest BCUT2D eigenvalue weighted by Gasteiger charge is 2.25. The molecule has 1 amide bonds. The molecule has 0 radical (unpaired) electrons. The van der Waals surface area contributed by atoms with Gasteiger partial charge in [0.15, 0.2) is 6.61 Å². The summed E-state index contributed by atoms with van der Waals surface area (Å²) in [6.07, 6.45) is 4.52. The fourth-order valence-electron chi connectivity index (χ4n) is 2.61. The summed E-state index contributed by atoms with van der Waals surface area (Å²) in [7, 11) is 0. The summed E-state index contributed by atoms with van der Waals surface area (Å²) >= 11 is 2.23. The molecular weight excluding hydrogens is 403 g/mol. The molecular formula is C15H22ClIN2O2. The second-order valence-corrected chi connectivity index (χ2v) is 6.44. The van der Waals surface area contributed by atoms with E-state index in [0.717, 1.165) is 22.2 Å². The molecule has 1 aromatic carbocycles. The topological polar surface area (TPSA) is 64.3 Å². The number of rotatable bonds is 5. The number of benzene rings is 1. The highest BCUT2D eigenvalue weighted by molar-refractivity contribution is 14.1. The van der Waals surface area contributed by atoms with E-state index < -0.39 is 0 Å². The third-order valence-corrected chi connectivity index (χ3v) is 4.46. The van der Waals surface area contributed by atoms with Gasteiger partial charge in [0.25, 0.3) is 5.91 Å². The Balaban J connectivity index is 0.00000220. The van der Waals surface area contributed by atoms with Crippen LogP contribution in [-0.4, -0.2) is 25.1 Å². The van der Waals surface area contributed by atoms with Gasteiger partial charge in [-0.2, -0.15) is 0 Å². The van der Waals surface area contributed by atoms with Crippen molar-refractivity contribution in [3.05, 3.63) is 27.8 Å². The summed E-state index contributed by atoms with van der Waals surface area (Å²) in [5.41, 5.74) is 5.77. The van der Waals surface area contributed by atoms with Crippen LogP contribution in [0.5, 0.6) is 5.75 Å². The highest BCUT2D eigenvalue weighted by Crippen LogP contribution is 2.23. The predicted octanol–water partition coefficient (Wildman–Crippen LogP) is 2.73. The van der Waals surface area contributed by atoms with E-state index in [9.17, 15) is 4.79 Å². The number of ether oxygens (including phenoxy) is 1. The first-order valence-electron chi connectivity index (χ1n) is 7.07. The molecule has 1 aromatic rings. The minimum Gasteiger partial charge on any atom is -0.484 e. The first-order chi connectivity index (χ1) is 9.69. The Kier molecular flexibility index (Phi) is 8.36. The zero-order chi connectivity index (χ0) is 14.4. The summed E-state index contributed by atoms with van der Waals surface area (Å²) in [5, 5.41) is 3.06. The Hall–Kier alpha value is -0.530. The Morgan fingerprint density at radius 3 is 2.62 bits per heavy atom.